The summed E-state index contributed by atoms with van der Waals surface area (Å²) < 4.78 is 15.4. The van der Waals surface area contributed by atoms with Crippen LogP contribution in [0, 0.1) is 6.92 Å². The first-order chi connectivity index (χ1) is 12.5. The summed E-state index contributed by atoms with van der Waals surface area (Å²) in [7, 11) is 1.44. The molecule has 0 saturated carbocycles. The number of ether oxygens (including phenoxy) is 2. The molecule has 132 valence electrons. The molecule has 6 nitrogen and oxygen atoms in total. The third kappa shape index (κ3) is 3.75. The molecule has 26 heavy (non-hydrogen) atoms. The van der Waals surface area contributed by atoms with Gasteiger partial charge >= 0.3 is 11.6 Å². The molecule has 0 aliphatic heterocycles. The van der Waals surface area contributed by atoms with E-state index < -0.39 is 11.6 Å². The molecule has 6 heteroatoms. The summed E-state index contributed by atoms with van der Waals surface area (Å²) in [5.41, 5.74) is 1.35. The second kappa shape index (κ2) is 7.14. The Labute approximate surface area is 148 Å². The van der Waals surface area contributed by atoms with Crippen LogP contribution in [0.3, 0.4) is 0 Å². The molecule has 0 aliphatic rings. The number of esters is 1. The van der Waals surface area contributed by atoms with Crippen LogP contribution in [0.4, 0.5) is 0 Å². The first kappa shape index (κ1) is 17.3. The van der Waals surface area contributed by atoms with E-state index in [0.717, 1.165) is 10.9 Å². The van der Waals surface area contributed by atoms with Gasteiger partial charge in [-0.3, -0.25) is 0 Å². The maximum Gasteiger partial charge on any atom is 0.336 e. The summed E-state index contributed by atoms with van der Waals surface area (Å²) in [6.07, 6.45) is 2.79. The molecule has 0 bridgehead atoms. The molecule has 0 radical (unpaired) electrons. The highest BCUT2D eigenvalue weighted by Crippen LogP contribution is 2.27. The lowest BCUT2D eigenvalue weighted by Crippen LogP contribution is -2.04. The van der Waals surface area contributed by atoms with Crippen molar-refractivity contribution in [3.05, 3.63) is 70.1 Å². The summed E-state index contributed by atoms with van der Waals surface area (Å²) >= 11 is 0. The monoisotopic (exact) mass is 352 g/mol. The zero-order valence-electron chi connectivity index (χ0n) is 14.2. The van der Waals surface area contributed by atoms with E-state index in [1.807, 2.05) is 0 Å². The van der Waals surface area contributed by atoms with Crippen LogP contribution in [0.15, 0.2) is 57.8 Å². The highest BCUT2D eigenvalue weighted by molar-refractivity contribution is 5.89. The molecule has 1 heterocycles. The minimum Gasteiger partial charge on any atom is -0.504 e. The van der Waals surface area contributed by atoms with Gasteiger partial charge in [0.25, 0.3) is 0 Å². The topological polar surface area (TPSA) is 86.0 Å². The molecule has 1 N–H and O–H groups in total. The van der Waals surface area contributed by atoms with Crippen LogP contribution in [0.2, 0.25) is 0 Å². The maximum absolute atomic E-state index is 12.0. The van der Waals surface area contributed by atoms with Crippen LogP contribution < -0.4 is 15.1 Å². The van der Waals surface area contributed by atoms with Gasteiger partial charge in [0.2, 0.25) is 0 Å². The number of carbonyl (C=O) groups excluding carboxylic acids is 1. The van der Waals surface area contributed by atoms with E-state index in [2.05, 4.69) is 0 Å². The number of carbonyl (C=O) groups is 1. The number of hydrogen-bond donors (Lipinski definition) is 1. The Morgan fingerprint density at radius 2 is 1.96 bits per heavy atom. The fourth-order valence-electron chi connectivity index (χ4n) is 2.48. The number of hydrogen-bond acceptors (Lipinski definition) is 6. The molecular weight excluding hydrogens is 336 g/mol. The second-order valence-electron chi connectivity index (χ2n) is 5.59. The van der Waals surface area contributed by atoms with Crippen LogP contribution in [0.5, 0.6) is 17.2 Å². The van der Waals surface area contributed by atoms with E-state index in [9.17, 15) is 14.7 Å². The molecule has 0 aliphatic carbocycles. The van der Waals surface area contributed by atoms with Gasteiger partial charge in [0.1, 0.15) is 11.3 Å². The zero-order valence-corrected chi connectivity index (χ0v) is 14.2. The molecule has 3 rings (SSSR count). The van der Waals surface area contributed by atoms with Crippen molar-refractivity contribution in [1.82, 2.24) is 0 Å². The largest absolute Gasteiger partial charge is 0.504 e. The highest BCUT2D eigenvalue weighted by Gasteiger charge is 2.07. The second-order valence-corrected chi connectivity index (χ2v) is 5.59. The van der Waals surface area contributed by atoms with Crippen LogP contribution in [0.1, 0.15) is 11.1 Å². The molecular formula is C20H16O6. The SMILES string of the molecule is COc1cc(/C=C/C(=O)Oc2ccc3c(C)cc(=O)oc3c2)ccc1O. The lowest BCUT2D eigenvalue weighted by atomic mass is 10.1. The van der Waals surface area contributed by atoms with E-state index in [4.69, 9.17) is 13.9 Å². The zero-order chi connectivity index (χ0) is 18.7. The van der Waals surface area contributed by atoms with Crippen molar-refractivity contribution >= 4 is 23.0 Å². The number of phenols is 1. The highest BCUT2D eigenvalue weighted by atomic mass is 16.5. The van der Waals surface area contributed by atoms with Gasteiger partial charge in [0, 0.05) is 23.6 Å². The van der Waals surface area contributed by atoms with Crippen molar-refractivity contribution in [2.24, 2.45) is 0 Å². The van der Waals surface area contributed by atoms with Crippen LogP contribution in [0.25, 0.3) is 17.0 Å². The number of benzene rings is 2. The average molecular weight is 352 g/mol. The average Bonchev–Trinajstić information content (AvgIpc) is 2.60. The normalized spacial score (nSPS) is 11.0. The van der Waals surface area contributed by atoms with Crippen LogP contribution in [-0.2, 0) is 4.79 Å². The Hall–Kier alpha value is -3.54. The van der Waals surface area contributed by atoms with Crippen molar-refractivity contribution in [3.8, 4) is 17.2 Å². The Balaban J connectivity index is 1.77. The van der Waals surface area contributed by atoms with E-state index in [0.29, 0.717) is 16.9 Å². The summed E-state index contributed by atoms with van der Waals surface area (Å²) in [5.74, 6) is -0.00352. The smallest absolute Gasteiger partial charge is 0.336 e. The van der Waals surface area contributed by atoms with Gasteiger partial charge in [-0.25, -0.2) is 9.59 Å². The molecule has 1 aromatic heterocycles. The molecule has 0 atom stereocenters. The van der Waals surface area contributed by atoms with Gasteiger partial charge in [-0.15, -0.1) is 0 Å². The van der Waals surface area contributed by atoms with E-state index in [-0.39, 0.29) is 11.5 Å². The van der Waals surface area contributed by atoms with Crippen LogP contribution >= 0.6 is 0 Å². The number of aromatic hydroxyl groups is 1. The number of methoxy groups -OCH3 is 1. The number of fused-ring (bicyclic) bond motifs is 1. The van der Waals surface area contributed by atoms with Gasteiger partial charge in [0.15, 0.2) is 11.5 Å². The van der Waals surface area contributed by atoms with Crippen molar-refractivity contribution in [2.75, 3.05) is 7.11 Å². The predicted octanol–water partition coefficient (Wildman–Crippen LogP) is 3.43. The minimum atomic E-state index is -0.591. The number of phenolic OH excluding ortho intramolecular Hbond substituents is 1. The summed E-state index contributed by atoms with van der Waals surface area (Å²) in [5, 5.41) is 10.3. The quantitative estimate of drug-likeness (QED) is 0.335. The minimum absolute atomic E-state index is 0.0141. The van der Waals surface area contributed by atoms with Crippen molar-refractivity contribution in [2.45, 2.75) is 6.92 Å². The first-order valence-electron chi connectivity index (χ1n) is 7.77. The van der Waals surface area contributed by atoms with E-state index in [1.165, 1.54) is 37.5 Å². The number of aryl methyl sites for hydroxylation is 1. The van der Waals surface area contributed by atoms with E-state index >= 15 is 0 Å². The molecule has 0 fully saturated rings. The predicted molar refractivity (Wildman–Crippen MR) is 96.5 cm³/mol. The first-order valence-corrected chi connectivity index (χ1v) is 7.77. The Morgan fingerprint density at radius 3 is 2.73 bits per heavy atom. The van der Waals surface area contributed by atoms with Gasteiger partial charge in [-0.1, -0.05) is 6.07 Å². The molecule has 0 saturated heterocycles. The Kier molecular flexibility index (Phi) is 4.75. The van der Waals surface area contributed by atoms with Gasteiger partial charge < -0.3 is 19.0 Å². The van der Waals surface area contributed by atoms with Crippen molar-refractivity contribution < 1.29 is 23.8 Å². The lowest BCUT2D eigenvalue weighted by molar-refractivity contribution is -0.128. The van der Waals surface area contributed by atoms with Gasteiger partial charge in [-0.05, 0) is 48.4 Å². The number of rotatable bonds is 4. The summed E-state index contributed by atoms with van der Waals surface area (Å²) in [6.45, 7) is 1.81. The molecule has 0 amide bonds. The summed E-state index contributed by atoms with van der Waals surface area (Å²) in [6, 6.07) is 11.0. The maximum atomic E-state index is 12.0. The van der Waals surface area contributed by atoms with Gasteiger partial charge in [-0.2, -0.15) is 0 Å². The molecule has 0 spiro atoms. The fourth-order valence-corrected chi connectivity index (χ4v) is 2.48. The van der Waals surface area contributed by atoms with E-state index in [1.54, 1.807) is 31.2 Å². The Bertz CT molecular complexity index is 1060. The third-order valence-corrected chi connectivity index (χ3v) is 3.76. The Morgan fingerprint density at radius 1 is 1.15 bits per heavy atom. The van der Waals surface area contributed by atoms with Crippen molar-refractivity contribution in [3.63, 3.8) is 0 Å². The molecule has 0 unspecified atom stereocenters. The third-order valence-electron chi connectivity index (χ3n) is 3.76. The van der Waals surface area contributed by atoms with Gasteiger partial charge in [0.05, 0.1) is 7.11 Å². The van der Waals surface area contributed by atoms with Crippen LogP contribution in [-0.4, -0.2) is 18.2 Å². The molecule has 3 aromatic rings. The molecule has 2 aromatic carbocycles. The summed E-state index contributed by atoms with van der Waals surface area (Å²) in [4.78, 5) is 23.5. The van der Waals surface area contributed by atoms with Crippen molar-refractivity contribution in [1.29, 1.82) is 0 Å². The lowest BCUT2D eigenvalue weighted by Gasteiger charge is -2.05. The standard InChI is InChI=1S/C20H16O6/c1-12-9-20(23)26-17-11-14(5-6-15(12)17)25-19(22)8-4-13-3-7-16(21)18(10-13)24-2/h3-11,21H,1-2H3/b8-4+. The fraction of sp³-hybridized carbons (Fsp3) is 0.100.